The van der Waals surface area contributed by atoms with Gasteiger partial charge in [-0.3, -0.25) is 9.88 Å². The second-order valence-corrected chi connectivity index (χ2v) is 6.27. The Morgan fingerprint density at radius 2 is 2.30 bits per heavy atom. The van der Waals surface area contributed by atoms with Crippen molar-refractivity contribution in [1.82, 2.24) is 15.2 Å². The van der Waals surface area contributed by atoms with E-state index in [1.54, 1.807) is 6.20 Å². The molecule has 3 unspecified atom stereocenters. The topological polar surface area (TPSA) is 28.2 Å². The first-order valence-electron chi connectivity index (χ1n) is 7.71. The SMILES string of the molecule is CCC(C)C1CN(Cc2ccncc2Cl)C(CC)CN1. The van der Waals surface area contributed by atoms with Crippen LogP contribution in [0, 0.1) is 5.92 Å². The maximum absolute atomic E-state index is 6.26. The fraction of sp³-hybridized carbons (Fsp3) is 0.688. The Morgan fingerprint density at radius 3 is 2.95 bits per heavy atom. The molecule has 1 aromatic rings. The van der Waals surface area contributed by atoms with E-state index >= 15 is 0 Å². The number of rotatable bonds is 5. The highest BCUT2D eigenvalue weighted by Crippen LogP contribution is 2.22. The van der Waals surface area contributed by atoms with Crippen molar-refractivity contribution >= 4 is 11.6 Å². The number of pyridine rings is 1. The first-order valence-corrected chi connectivity index (χ1v) is 8.09. The van der Waals surface area contributed by atoms with Gasteiger partial charge >= 0.3 is 0 Å². The summed E-state index contributed by atoms with van der Waals surface area (Å²) in [7, 11) is 0. The van der Waals surface area contributed by atoms with Gasteiger partial charge in [-0.15, -0.1) is 0 Å². The van der Waals surface area contributed by atoms with Crippen molar-refractivity contribution in [2.45, 2.75) is 52.2 Å². The molecule has 4 heteroatoms. The highest BCUT2D eigenvalue weighted by molar-refractivity contribution is 6.31. The molecule has 1 saturated heterocycles. The zero-order valence-electron chi connectivity index (χ0n) is 12.8. The molecule has 3 nitrogen and oxygen atoms in total. The van der Waals surface area contributed by atoms with Gasteiger partial charge in [0, 0.05) is 44.1 Å². The minimum atomic E-state index is 0.586. The minimum absolute atomic E-state index is 0.586. The predicted molar refractivity (Wildman–Crippen MR) is 85.0 cm³/mol. The van der Waals surface area contributed by atoms with Crippen LogP contribution in [-0.4, -0.2) is 35.1 Å². The lowest BCUT2D eigenvalue weighted by atomic mass is 9.94. The summed E-state index contributed by atoms with van der Waals surface area (Å²) in [4.78, 5) is 6.65. The van der Waals surface area contributed by atoms with E-state index in [1.165, 1.54) is 18.4 Å². The van der Waals surface area contributed by atoms with Crippen molar-refractivity contribution in [3.05, 3.63) is 29.0 Å². The summed E-state index contributed by atoms with van der Waals surface area (Å²) in [6, 6.07) is 3.22. The molecule has 1 fully saturated rings. The molecule has 0 aliphatic carbocycles. The smallest absolute Gasteiger partial charge is 0.0634 e. The third kappa shape index (κ3) is 3.72. The molecule has 2 heterocycles. The van der Waals surface area contributed by atoms with Gasteiger partial charge in [0.05, 0.1) is 5.02 Å². The van der Waals surface area contributed by atoms with Crippen LogP contribution in [0.25, 0.3) is 0 Å². The van der Waals surface area contributed by atoms with Crippen molar-refractivity contribution < 1.29 is 0 Å². The van der Waals surface area contributed by atoms with Gasteiger partial charge < -0.3 is 5.32 Å². The Hall–Kier alpha value is -0.640. The molecule has 2 rings (SSSR count). The lowest BCUT2D eigenvalue weighted by molar-refractivity contribution is 0.0993. The summed E-state index contributed by atoms with van der Waals surface area (Å²) in [5.74, 6) is 0.711. The average molecular weight is 296 g/mol. The van der Waals surface area contributed by atoms with Gasteiger partial charge in [-0.2, -0.15) is 0 Å². The maximum atomic E-state index is 6.26. The van der Waals surface area contributed by atoms with Crippen LogP contribution in [0.4, 0.5) is 0 Å². The van der Waals surface area contributed by atoms with E-state index in [0.29, 0.717) is 18.0 Å². The number of hydrogen-bond donors (Lipinski definition) is 1. The molecule has 0 radical (unpaired) electrons. The number of aromatic nitrogens is 1. The summed E-state index contributed by atoms with van der Waals surface area (Å²) in [5, 5.41) is 4.49. The molecule has 0 bridgehead atoms. The second-order valence-electron chi connectivity index (χ2n) is 5.86. The van der Waals surface area contributed by atoms with Gasteiger partial charge in [0.1, 0.15) is 0 Å². The van der Waals surface area contributed by atoms with Crippen molar-refractivity contribution in [2.75, 3.05) is 13.1 Å². The second kappa shape index (κ2) is 7.39. The number of piperazine rings is 1. The summed E-state index contributed by atoms with van der Waals surface area (Å²) in [6.45, 7) is 9.97. The van der Waals surface area contributed by atoms with E-state index in [1.807, 2.05) is 12.3 Å². The van der Waals surface area contributed by atoms with Crippen LogP contribution in [-0.2, 0) is 6.54 Å². The monoisotopic (exact) mass is 295 g/mol. The Morgan fingerprint density at radius 1 is 1.50 bits per heavy atom. The molecule has 1 N–H and O–H groups in total. The summed E-state index contributed by atoms with van der Waals surface area (Å²) < 4.78 is 0. The van der Waals surface area contributed by atoms with Crippen LogP contribution in [0.5, 0.6) is 0 Å². The molecule has 0 aromatic carbocycles. The first-order chi connectivity index (χ1) is 9.65. The molecule has 1 aliphatic rings. The van der Waals surface area contributed by atoms with E-state index in [0.717, 1.165) is 24.7 Å². The molecular weight excluding hydrogens is 270 g/mol. The fourth-order valence-corrected chi connectivity index (χ4v) is 3.07. The number of nitrogens with one attached hydrogen (secondary N) is 1. The molecule has 20 heavy (non-hydrogen) atoms. The molecule has 1 aromatic heterocycles. The lowest BCUT2D eigenvalue weighted by Gasteiger charge is -2.42. The molecule has 0 spiro atoms. The zero-order valence-corrected chi connectivity index (χ0v) is 13.5. The van der Waals surface area contributed by atoms with Crippen LogP contribution in [0.1, 0.15) is 39.2 Å². The van der Waals surface area contributed by atoms with E-state index < -0.39 is 0 Å². The normalized spacial score (nSPS) is 25.6. The number of hydrogen-bond acceptors (Lipinski definition) is 3. The Balaban J connectivity index is 2.07. The van der Waals surface area contributed by atoms with E-state index in [4.69, 9.17) is 11.6 Å². The highest BCUT2D eigenvalue weighted by atomic mass is 35.5. The molecule has 112 valence electrons. The summed E-state index contributed by atoms with van der Waals surface area (Å²) in [6.07, 6.45) is 5.96. The third-order valence-corrected chi connectivity index (χ3v) is 4.94. The van der Waals surface area contributed by atoms with Crippen LogP contribution in [0.3, 0.4) is 0 Å². The molecule has 3 atom stereocenters. The van der Waals surface area contributed by atoms with Crippen LogP contribution >= 0.6 is 11.6 Å². The molecular formula is C16H26ClN3. The van der Waals surface area contributed by atoms with Gasteiger partial charge in [0.25, 0.3) is 0 Å². The summed E-state index contributed by atoms with van der Waals surface area (Å²) >= 11 is 6.26. The number of nitrogens with zero attached hydrogens (tertiary/aromatic N) is 2. The lowest BCUT2D eigenvalue weighted by Crippen LogP contribution is -2.57. The Labute approximate surface area is 127 Å². The highest BCUT2D eigenvalue weighted by Gasteiger charge is 2.29. The van der Waals surface area contributed by atoms with E-state index in [-0.39, 0.29) is 0 Å². The fourth-order valence-electron chi connectivity index (χ4n) is 2.90. The maximum Gasteiger partial charge on any atom is 0.0634 e. The first kappa shape index (κ1) is 15.7. The van der Waals surface area contributed by atoms with Crippen LogP contribution in [0.15, 0.2) is 18.5 Å². The van der Waals surface area contributed by atoms with Gasteiger partial charge in [0.15, 0.2) is 0 Å². The van der Waals surface area contributed by atoms with E-state index in [2.05, 4.69) is 36.0 Å². The number of halogens is 1. The zero-order chi connectivity index (χ0) is 14.5. The third-order valence-electron chi connectivity index (χ3n) is 4.60. The predicted octanol–water partition coefficient (Wildman–Crippen LogP) is 3.33. The summed E-state index contributed by atoms with van der Waals surface area (Å²) in [5.41, 5.74) is 1.19. The van der Waals surface area contributed by atoms with Crippen LogP contribution in [0.2, 0.25) is 5.02 Å². The Bertz CT molecular complexity index is 424. The molecule has 1 aliphatic heterocycles. The van der Waals surface area contributed by atoms with Crippen molar-refractivity contribution in [3.8, 4) is 0 Å². The van der Waals surface area contributed by atoms with Gasteiger partial charge in [-0.25, -0.2) is 0 Å². The molecule has 0 amide bonds. The van der Waals surface area contributed by atoms with Crippen molar-refractivity contribution in [3.63, 3.8) is 0 Å². The largest absolute Gasteiger partial charge is 0.311 e. The van der Waals surface area contributed by atoms with Gasteiger partial charge in [0.2, 0.25) is 0 Å². The van der Waals surface area contributed by atoms with Crippen LogP contribution < -0.4 is 5.32 Å². The van der Waals surface area contributed by atoms with Gasteiger partial charge in [-0.05, 0) is 24.0 Å². The minimum Gasteiger partial charge on any atom is -0.311 e. The Kier molecular flexibility index (Phi) is 5.82. The quantitative estimate of drug-likeness (QED) is 0.903. The van der Waals surface area contributed by atoms with E-state index in [9.17, 15) is 0 Å². The van der Waals surface area contributed by atoms with Gasteiger partial charge in [-0.1, -0.05) is 38.8 Å². The molecule has 0 saturated carbocycles. The van der Waals surface area contributed by atoms with Crippen molar-refractivity contribution in [2.24, 2.45) is 5.92 Å². The van der Waals surface area contributed by atoms with Crippen molar-refractivity contribution in [1.29, 1.82) is 0 Å². The standard InChI is InChI=1S/C16H26ClN3/c1-4-12(3)16-11-20(14(5-2)8-19-16)10-13-6-7-18-9-15(13)17/h6-7,9,12,14,16,19H,4-5,8,10-11H2,1-3H3. The average Bonchev–Trinajstić information content (AvgIpc) is 2.48.